The van der Waals surface area contributed by atoms with E-state index in [1.807, 2.05) is 18.2 Å². The Morgan fingerprint density at radius 2 is 2.00 bits per heavy atom. The van der Waals surface area contributed by atoms with Crippen molar-refractivity contribution >= 4 is 11.6 Å². The Morgan fingerprint density at radius 1 is 1.24 bits per heavy atom. The molecule has 1 fully saturated rings. The zero-order valence-electron chi connectivity index (χ0n) is 11.9. The molecule has 4 heteroatoms. The normalized spacial score (nSPS) is 19.9. The number of hydrogen-bond acceptors (Lipinski definition) is 3. The molecule has 2 aromatic carbocycles. The van der Waals surface area contributed by atoms with Gasteiger partial charge in [-0.05, 0) is 30.2 Å². The van der Waals surface area contributed by atoms with E-state index in [9.17, 15) is 4.79 Å². The second-order valence-electron chi connectivity index (χ2n) is 5.29. The number of methoxy groups -OCH3 is 1. The second-order valence-corrected chi connectivity index (χ2v) is 5.29. The Kier molecular flexibility index (Phi) is 3.52. The first-order valence-corrected chi connectivity index (χ1v) is 6.98. The van der Waals surface area contributed by atoms with Crippen molar-refractivity contribution in [2.75, 3.05) is 12.8 Å². The average molecular weight is 282 g/mol. The summed E-state index contributed by atoms with van der Waals surface area (Å²) in [6.07, 6.45) is 0.988. The van der Waals surface area contributed by atoms with E-state index in [1.54, 1.807) is 25.3 Å². The lowest BCUT2D eigenvalue weighted by Gasteiger charge is -2.08. The SMILES string of the molecule is COc1cc(C(=O)NC2CC2c2ccccc2)ccc1N. The lowest BCUT2D eigenvalue weighted by atomic mass is 10.1. The number of nitrogens with two attached hydrogens (primary N) is 1. The monoisotopic (exact) mass is 282 g/mol. The fourth-order valence-corrected chi connectivity index (χ4v) is 2.53. The van der Waals surface area contributed by atoms with Crippen molar-refractivity contribution in [3.8, 4) is 5.75 Å². The van der Waals surface area contributed by atoms with Crippen LogP contribution in [0.4, 0.5) is 5.69 Å². The van der Waals surface area contributed by atoms with E-state index >= 15 is 0 Å². The molecule has 2 atom stereocenters. The summed E-state index contributed by atoms with van der Waals surface area (Å²) in [6, 6.07) is 15.5. The van der Waals surface area contributed by atoms with E-state index in [-0.39, 0.29) is 11.9 Å². The Labute approximate surface area is 123 Å². The molecule has 3 rings (SSSR count). The standard InChI is InChI=1S/C17H18N2O2/c1-21-16-9-12(7-8-14(16)18)17(20)19-15-10-13(15)11-5-3-2-4-6-11/h2-9,13,15H,10,18H2,1H3,(H,19,20). The molecule has 0 radical (unpaired) electrons. The highest BCUT2D eigenvalue weighted by Gasteiger charge is 2.39. The summed E-state index contributed by atoms with van der Waals surface area (Å²) in [7, 11) is 1.54. The largest absolute Gasteiger partial charge is 0.495 e. The number of carbonyl (C=O) groups excluding carboxylic acids is 1. The molecule has 108 valence electrons. The first-order chi connectivity index (χ1) is 10.2. The van der Waals surface area contributed by atoms with Gasteiger partial charge in [0.05, 0.1) is 12.8 Å². The van der Waals surface area contributed by atoms with Gasteiger partial charge < -0.3 is 15.8 Å². The number of anilines is 1. The van der Waals surface area contributed by atoms with E-state index in [4.69, 9.17) is 10.5 Å². The molecule has 0 saturated heterocycles. The van der Waals surface area contributed by atoms with Gasteiger partial charge in [0.15, 0.2) is 0 Å². The Balaban J connectivity index is 1.66. The third kappa shape index (κ3) is 2.84. The van der Waals surface area contributed by atoms with Crippen LogP contribution in [0.5, 0.6) is 5.75 Å². The van der Waals surface area contributed by atoms with Crippen LogP contribution in [0.15, 0.2) is 48.5 Å². The zero-order chi connectivity index (χ0) is 14.8. The molecule has 21 heavy (non-hydrogen) atoms. The van der Waals surface area contributed by atoms with Crippen LogP contribution < -0.4 is 15.8 Å². The van der Waals surface area contributed by atoms with E-state index in [0.29, 0.717) is 22.9 Å². The predicted molar refractivity (Wildman–Crippen MR) is 82.5 cm³/mol. The minimum absolute atomic E-state index is 0.0864. The maximum absolute atomic E-state index is 12.2. The first kappa shape index (κ1) is 13.5. The van der Waals surface area contributed by atoms with Crippen LogP contribution in [0, 0.1) is 0 Å². The van der Waals surface area contributed by atoms with Gasteiger partial charge in [0.25, 0.3) is 5.91 Å². The number of benzene rings is 2. The van der Waals surface area contributed by atoms with Crippen molar-refractivity contribution < 1.29 is 9.53 Å². The maximum atomic E-state index is 12.2. The lowest BCUT2D eigenvalue weighted by molar-refractivity contribution is 0.0950. The number of ether oxygens (including phenoxy) is 1. The maximum Gasteiger partial charge on any atom is 0.251 e. The van der Waals surface area contributed by atoms with Crippen LogP contribution in [0.1, 0.15) is 28.3 Å². The van der Waals surface area contributed by atoms with Crippen molar-refractivity contribution in [2.24, 2.45) is 0 Å². The quantitative estimate of drug-likeness (QED) is 0.847. The minimum Gasteiger partial charge on any atom is -0.495 e. The Bertz CT molecular complexity index is 655. The molecule has 0 heterocycles. The lowest BCUT2D eigenvalue weighted by Crippen LogP contribution is -2.26. The molecule has 0 spiro atoms. The van der Waals surface area contributed by atoms with E-state index in [2.05, 4.69) is 17.4 Å². The van der Waals surface area contributed by atoms with Gasteiger partial charge in [-0.15, -0.1) is 0 Å². The van der Waals surface area contributed by atoms with Crippen molar-refractivity contribution in [2.45, 2.75) is 18.4 Å². The molecule has 2 unspecified atom stereocenters. The first-order valence-electron chi connectivity index (χ1n) is 6.98. The van der Waals surface area contributed by atoms with Gasteiger partial charge in [0, 0.05) is 17.5 Å². The molecule has 1 aliphatic rings. The average Bonchev–Trinajstić information content (AvgIpc) is 3.27. The van der Waals surface area contributed by atoms with Crippen LogP contribution in [0.2, 0.25) is 0 Å². The molecule has 1 saturated carbocycles. The van der Waals surface area contributed by atoms with Crippen LogP contribution >= 0.6 is 0 Å². The molecule has 0 aromatic heterocycles. The van der Waals surface area contributed by atoms with Gasteiger partial charge in [-0.3, -0.25) is 4.79 Å². The highest BCUT2D eigenvalue weighted by atomic mass is 16.5. The molecule has 4 nitrogen and oxygen atoms in total. The zero-order valence-corrected chi connectivity index (χ0v) is 11.9. The van der Waals surface area contributed by atoms with Crippen molar-refractivity contribution in [3.05, 3.63) is 59.7 Å². The van der Waals surface area contributed by atoms with Crippen molar-refractivity contribution in [1.29, 1.82) is 0 Å². The molecule has 0 aliphatic heterocycles. The molecule has 3 N–H and O–H groups in total. The van der Waals surface area contributed by atoms with Gasteiger partial charge in [0.2, 0.25) is 0 Å². The van der Waals surface area contributed by atoms with Crippen molar-refractivity contribution in [1.82, 2.24) is 5.32 Å². The molecule has 1 aliphatic carbocycles. The topological polar surface area (TPSA) is 64.3 Å². The molecule has 1 amide bonds. The third-order valence-electron chi connectivity index (χ3n) is 3.83. The van der Waals surface area contributed by atoms with Crippen LogP contribution in [-0.2, 0) is 0 Å². The summed E-state index contributed by atoms with van der Waals surface area (Å²) in [5.74, 6) is 0.862. The highest BCUT2D eigenvalue weighted by molar-refractivity contribution is 5.95. The van der Waals surface area contributed by atoms with E-state index < -0.39 is 0 Å². The Hall–Kier alpha value is -2.49. The number of rotatable bonds is 4. The van der Waals surface area contributed by atoms with E-state index in [0.717, 1.165) is 6.42 Å². The fraction of sp³-hybridized carbons (Fsp3) is 0.235. The second kappa shape index (κ2) is 5.48. The smallest absolute Gasteiger partial charge is 0.251 e. The Morgan fingerprint density at radius 3 is 2.71 bits per heavy atom. The summed E-state index contributed by atoms with van der Waals surface area (Å²) in [5.41, 5.74) is 8.13. The van der Waals surface area contributed by atoms with Crippen LogP contribution in [0.3, 0.4) is 0 Å². The summed E-state index contributed by atoms with van der Waals surface area (Å²) in [5, 5.41) is 3.05. The van der Waals surface area contributed by atoms with Gasteiger partial charge in [-0.25, -0.2) is 0 Å². The molecular formula is C17H18N2O2. The predicted octanol–water partition coefficient (Wildman–Crippen LogP) is 2.56. The van der Waals surface area contributed by atoms with Crippen molar-refractivity contribution in [3.63, 3.8) is 0 Å². The summed E-state index contributed by atoms with van der Waals surface area (Å²) >= 11 is 0. The highest BCUT2D eigenvalue weighted by Crippen LogP contribution is 2.40. The number of hydrogen-bond donors (Lipinski definition) is 2. The van der Waals surface area contributed by atoms with Gasteiger partial charge in [-0.2, -0.15) is 0 Å². The summed E-state index contributed by atoms with van der Waals surface area (Å²) < 4.78 is 5.14. The van der Waals surface area contributed by atoms with Gasteiger partial charge in [0.1, 0.15) is 5.75 Å². The summed E-state index contributed by atoms with van der Waals surface area (Å²) in [4.78, 5) is 12.2. The molecular weight excluding hydrogens is 264 g/mol. The molecule has 2 aromatic rings. The number of carbonyl (C=O) groups is 1. The van der Waals surface area contributed by atoms with Gasteiger partial charge >= 0.3 is 0 Å². The minimum atomic E-state index is -0.0864. The summed E-state index contributed by atoms with van der Waals surface area (Å²) in [6.45, 7) is 0. The molecule has 0 bridgehead atoms. The van der Waals surface area contributed by atoms with E-state index in [1.165, 1.54) is 5.56 Å². The van der Waals surface area contributed by atoms with Gasteiger partial charge in [-0.1, -0.05) is 30.3 Å². The number of amides is 1. The number of nitrogen functional groups attached to an aromatic ring is 1. The fourth-order valence-electron chi connectivity index (χ4n) is 2.53. The number of nitrogens with one attached hydrogen (secondary N) is 1. The van der Waals surface area contributed by atoms with Crippen LogP contribution in [0.25, 0.3) is 0 Å². The van der Waals surface area contributed by atoms with Crippen LogP contribution in [-0.4, -0.2) is 19.1 Å². The third-order valence-corrected chi connectivity index (χ3v) is 3.83.